The van der Waals surface area contributed by atoms with Crippen LogP contribution in [0.2, 0.25) is 0 Å². The van der Waals surface area contributed by atoms with Gasteiger partial charge in [-0.2, -0.15) is 13.2 Å². The normalized spacial score (nSPS) is 12.2. The molecule has 0 amide bonds. The van der Waals surface area contributed by atoms with E-state index in [4.69, 9.17) is 5.73 Å². The molecular weight excluding hydrogens is 245 g/mol. The zero-order valence-corrected chi connectivity index (χ0v) is 8.84. The van der Waals surface area contributed by atoms with Crippen molar-refractivity contribution in [1.82, 2.24) is 4.98 Å². The van der Waals surface area contributed by atoms with Gasteiger partial charge in [0.05, 0.1) is 10.2 Å². The summed E-state index contributed by atoms with van der Waals surface area (Å²) in [5, 5.41) is 0.278. The van der Waals surface area contributed by atoms with Crippen LogP contribution < -0.4 is 5.73 Å². The number of hydrogen-bond acceptors (Lipinski definition) is 4. The van der Waals surface area contributed by atoms with Gasteiger partial charge in [-0.3, -0.25) is 0 Å². The third-order valence-corrected chi connectivity index (χ3v) is 3.48. The molecule has 2 aromatic rings. The molecule has 1 aromatic carbocycles. The van der Waals surface area contributed by atoms with Gasteiger partial charge in [-0.1, -0.05) is 17.4 Å². The molecule has 2 nitrogen and oxygen atoms in total. The summed E-state index contributed by atoms with van der Waals surface area (Å²) in [6, 6.07) is 4.59. The van der Waals surface area contributed by atoms with Crippen LogP contribution in [0.15, 0.2) is 23.1 Å². The summed E-state index contributed by atoms with van der Waals surface area (Å²) in [5.41, 5.74) is 1.66. The number of rotatable bonds is 1. The van der Waals surface area contributed by atoms with Crippen LogP contribution in [-0.4, -0.2) is 10.5 Å². The molecule has 80 valence electrons. The van der Waals surface area contributed by atoms with Crippen molar-refractivity contribution in [2.75, 3.05) is 5.73 Å². The Balaban J connectivity index is 2.51. The maximum atomic E-state index is 12.2. The van der Waals surface area contributed by atoms with Crippen LogP contribution in [0.3, 0.4) is 0 Å². The summed E-state index contributed by atoms with van der Waals surface area (Å²) >= 11 is 0.924. The molecule has 0 atom stereocenters. The second-order valence-corrected chi connectivity index (χ2v) is 4.84. The SMILES string of the molecule is Nc1nc2cccc(SC(F)(F)F)c2s1. The van der Waals surface area contributed by atoms with Crippen LogP contribution in [-0.2, 0) is 0 Å². The van der Waals surface area contributed by atoms with Crippen LogP contribution in [0.1, 0.15) is 0 Å². The zero-order chi connectivity index (χ0) is 11.1. The number of nitrogen functional groups attached to an aromatic ring is 1. The molecule has 0 saturated heterocycles. The van der Waals surface area contributed by atoms with Crippen LogP contribution in [0.25, 0.3) is 10.2 Å². The second-order valence-electron chi connectivity index (χ2n) is 2.70. The van der Waals surface area contributed by atoms with Gasteiger partial charge < -0.3 is 5.73 Å². The van der Waals surface area contributed by atoms with Gasteiger partial charge in [0.2, 0.25) is 0 Å². The number of fused-ring (bicyclic) bond motifs is 1. The van der Waals surface area contributed by atoms with E-state index in [1.807, 2.05) is 0 Å². The highest BCUT2D eigenvalue weighted by atomic mass is 32.2. The predicted molar refractivity (Wildman–Crippen MR) is 55.9 cm³/mol. The van der Waals surface area contributed by atoms with Crippen molar-refractivity contribution in [2.45, 2.75) is 10.4 Å². The highest BCUT2D eigenvalue weighted by molar-refractivity contribution is 8.00. The third-order valence-electron chi connectivity index (χ3n) is 1.62. The van der Waals surface area contributed by atoms with Crippen molar-refractivity contribution >= 4 is 38.4 Å². The van der Waals surface area contributed by atoms with E-state index in [-0.39, 0.29) is 21.8 Å². The molecule has 15 heavy (non-hydrogen) atoms. The third kappa shape index (κ3) is 2.35. The minimum atomic E-state index is -4.28. The van der Waals surface area contributed by atoms with E-state index in [0.717, 1.165) is 11.3 Å². The fourth-order valence-electron chi connectivity index (χ4n) is 1.15. The Bertz CT molecular complexity index is 492. The summed E-state index contributed by atoms with van der Waals surface area (Å²) < 4.78 is 37.1. The number of hydrogen-bond donors (Lipinski definition) is 1. The first-order valence-corrected chi connectivity index (χ1v) is 5.50. The summed E-state index contributed by atoms with van der Waals surface area (Å²) in [6.45, 7) is 0. The summed E-state index contributed by atoms with van der Waals surface area (Å²) in [6.07, 6.45) is 0. The standard InChI is InChI=1S/C8H5F3N2S2/c9-8(10,11)15-5-3-1-2-4-6(5)14-7(12)13-4/h1-3H,(H2,12,13). The fraction of sp³-hybridized carbons (Fsp3) is 0.125. The molecule has 7 heteroatoms. The number of thioether (sulfide) groups is 1. The number of alkyl halides is 3. The zero-order valence-electron chi connectivity index (χ0n) is 7.21. The molecule has 0 unspecified atom stereocenters. The maximum absolute atomic E-state index is 12.2. The molecular formula is C8H5F3N2S2. The number of nitrogens with two attached hydrogens (primary N) is 1. The first-order valence-electron chi connectivity index (χ1n) is 3.86. The lowest BCUT2D eigenvalue weighted by atomic mass is 10.3. The molecule has 2 rings (SSSR count). The largest absolute Gasteiger partial charge is 0.446 e. The quantitative estimate of drug-likeness (QED) is 0.787. The molecule has 1 aromatic heterocycles. The van der Waals surface area contributed by atoms with Gasteiger partial charge >= 0.3 is 5.51 Å². The lowest BCUT2D eigenvalue weighted by molar-refractivity contribution is -0.0327. The van der Waals surface area contributed by atoms with Crippen molar-refractivity contribution in [3.63, 3.8) is 0 Å². The topological polar surface area (TPSA) is 38.9 Å². The average molecular weight is 250 g/mol. The lowest BCUT2D eigenvalue weighted by Gasteiger charge is -2.05. The van der Waals surface area contributed by atoms with E-state index < -0.39 is 5.51 Å². The van der Waals surface area contributed by atoms with E-state index in [9.17, 15) is 13.2 Å². The molecule has 0 spiro atoms. The Morgan fingerprint density at radius 1 is 1.33 bits per heavy atom. The predicted octanol–water partition coefficient (Wildman–Crippen LogP) is 3.49. The molecule has 0 fully saturated rings. The van der Waals surface area contributed by atoms with Crippen LogP contribution in [0.4, 0.5) is 18.3 Å². The van der Waals surface area contributed by atoms with Crippen molar-refractivity contribution in [3.8, 4) is 0 Å². The van der Waals surface area contributed by atoms with Gasteiger partial charge in [0.25, 0.3) is 0 Å². The van der Waals surface area contributed by atoms with E-state index in [1.165, 1.54) is 12.1 Å². The smallest absolute Gasteiger partial charge is 0.375 e. The van der Waals surface area contributed by atoms with Gasteiger partial charge in [-0.05, 0) is 23.9 Å². The van der Waals surface area contributed by atoms with Crippen LogP contribution in [0, 0.1) is 0 Å². The Kier molecular flexibility index (Phi) is 2.51. The minimum absolute atomic E-state index is 0.142. The van der Waals surface area contributed by atoms with Crippen molar-refractivity contribution in [3.05, 3.63) is 18.2 Å². The number of nitrogens with zero attached hydrogens (tertiary/aromatic N) is 1. The highest BCUT2D eigenvalue weighted by Gasteiger charge is 2.30. The summed E-state index contributed by atoms with van der Waals surface area (Å²) in [5.74, 6) is 0. The maximum Gasteiger partial charge on any atom is 0.446 e. The highest BCUT2D eigenvalue weighted by Crippen LogP contribution is 2.42. The van der Waals surface area contributed by atoms with Crippen LogP contribution >= 0.6 is 23.1 Å². The fourth-order valence-corrected chi connectivity index (χ4v) is 2.73. The number of aromatic nitrogens is 1. The van der Waals surface area contributed by atoms with Crippen molar-refractivity contribution < 1.29 is 13.2 Å². The first-order chi connectivity index (χ1) is 6.96. The lowest BCUT2D eigenvalue weighted by Crippen LogP contribution is -1.98. The minimum Gasteiger partial charge on any atom is -0.375 e. The number of thiazole rings is 1. The number of benzene rings is 1. The second kappa shape index (κ2) is 3.57. The van der Waals surface area contributed by atoms with Crippen molar-refractivity contribution in [1.29, 1.82) is 0 Å². The Morgan fingerprint density at radius 3 is 2.73 bits per heavy atom. The Hall–Kier alpha value is -0.950. The number of anilines is 1. The molecule has 1 heterocycles. The van der Waals surface area contributed by atoms with E-state index in [1.54, 1.807) is 6.07 Å². The Labute approximate surface area is 91.3 Å². The molecule has 2 N–H and O–H groups in total. The van der Waals surface area contributed by atoms with Gasteiger partial charge in [-0.15, -0.1) is 0 Å². The van der Waals surface area contributed by atoms with Crippen LogP contribution in [0.5, 0.6) is 0 Å². The average Bonchev–Trinajstić information content (AvgIpc) is 2.43. The monoisotopic (exact) mass is 250 g/mol. The van der Waals surface area contributed by atoms with Gasteiger partial charge in [0.15, 0.2) is 5.13 Å². The first kappa shape index (κ1) is 10.6. The number of halogens is 3. The Morgan fingerprint density at radius 2 is 2.07 bits per heavy atom. The molecule has 0 radical (unpaired) electrons. The van der Waals surface area contributed by atoms with Gasteiger partial charge in [-0.25, -0.2) is 4.98 Å². The molecule has 0 aliphatic carbocycles. The molecule has 0 aliphatic rings. The van der Waals surface area contributed by atoms with Gasteiger partial charge in [0.1, 0.15) is 0 Å². The van der Waals surface area contributed by atoms with E-state index in [2.05, 4.69) is 4.98 Å². The molecule has 0 bridgehead atoms. The van der Waals surface area contributed by atoms with Gasteiger partial charge in [0, 0.05) is 4.90 Å². The molecule has 0 saturated carbocycles. The van der Waals surface area contributed by atoms with Crippen molar-refractivity contribution in [2.24, 2.45) is 0 Å². The summed E-state index contributed by atoms with van der Waals surface area (Å²) in [4.78, 5) is 4.07. The molecule has 0 aliphatic heterocycles. The summed E-state index contributed by atoms with van der Waals surface area (Å²) in [7, 11) is 0. The van der Waals surface area contributed by atoms with E-state index in [0.29, 0.717) is 10.2 Å². The van der Waals surface area contributed by atoms with E-state index >= 15 is 0 Å².